The fourth-order valence-corrected chi connectivity index (χ4v) is 2.28. The molecule has 17 heavy (non-hydrogen) atoms. The van der Waals surface area contributed by atoms with Gasteiger partial charge in [0.1, 0.15) is 0 Å². The maximum absolute atomic E-state index is 11.7. The van der Waals surface area contributed by atoms with Crippen LogP contribution in [0.2, 0.25) is 0 Å². The highest BCUT2D eigenvalue weighted by Crippen LogP contribution is 2.22. The molecule has 0 amide bonds. The van der Waals surface area contributed by atoms with Gasteiger partial charge in [-0.3, -0.25) is 9.69 Å². The Labute approximate surface area is 104 Å². The maximum Gasteiger partial charge on any atom is 0.320 e. The topological polar surface area (TPSA) is 49.8 Å². The lowest BCUT2D eigenvalue weighted by Crippen LogP contribution is -2.49. The first-order chi connectivity index (χ1) is 8.04. The summed E-state index contributed by atoms with van der Waals surface area (Å²) in [5.41, 5.74) is 0. The van der Waals surface area contributed by atoms with Gasteiger partial charge in [0.05, 0.1) is 19.8 Å². The molecule has 2 unspecified atom stereocenters. The van der Waals surface area contributed by atoms with Gasteiger partial charge in [-0.05, 0) is 25.7 Å². The summed E-state index contributed by atoms with van der Waals surface area (Å²) < 4.78 is 5.19. The lowest BCUT2D eigenvalue weighted by atomic mass is 9.97. The van der Waals surface area contributed by atoms with Gasteiger partial charge in [-0.25, -0.2) is 0 Å². The number of rotatable bonds is 5. The van der Waals surface area contributed by atoms with Crippen molar-refractivity contribution in [2.24, 2.45) is 5.92 Å². The van der Waals surface area contributed by atoms with Crippen molar-refractivity contribution in [2.45, 2.75) is 52.1 Å². The van der Waals surface area contributed by atoms with Crippen LogP contribution >= 0.6 is 0 Å². The summed E-state index contributed by atoms with van der Waals surface area (Å²) in [4.78, 5) is 13.8. The van der Waals surface area contributed by atoms with Crippen molar-refractivity contribution in [1.29, 1.82) is 0 Å². The average Bonchev–Trinajstić information content (AvgIpc) is 2.29. The molecule has 1 aliphatic heterocycles. The van der Waals surface area contributed by atoms with Crippen LogP contribution < -0.4 is 0 Å². The Morgan fingerprint density at radius 1 is 1.47 bits per heavy atom. The molecule has 2 atom stereocenters. The standard InChI is InChI=1S/C13H25NO3/c1-10(2)9-17-13(16)7-14-11(3)5-4-6-12(14)8-15/h10-12,15H,4-9H2,1-3H3. The highest BCUT2D eigenvalue weighted by Gasteiger charge is 2.29. The maximum atomic E-state index is 11.7. The highest BCUT2D eigenvalue weighted by molar-refractivity contribution is 5.71. The average molecular weight is 243 g/mol. The molecule has 1 heterocycles. The molecule has 0 aromatic heterocycles. The lowest BCUT2D eigenvalue weighted by Gasteiger charge is -2.39. The van der Waals surface area contributed by atoms with Crippen molar-refractivity contribution >= 4 is 5.97 Å². The minimum Gasteiger partial charge on any atom is -0.464 e. The minimum atomic E-state index is -0.175. The predicted molar refractivity (Wildman–Crippen MR) is 66.7 cm³/mol. The van der Waals surface area contributed by atoms with E-state index in [9.17, 15) is 9.90 Å². The van der Waals surface area contributed by atoms with Crippen molar-refractivity contribution in [3.63, 3.8) is 0 Å². The fourth-order valence-electron chi connectivity index (χ4n) is 2.28. The molecule has 100 valence electrons. The van der Waals surface area contributed by atoms with E-state index in [4.69, 9.17) is 4.74 Å². The molecular weight excluding hydrogens is 218 g/mol. The van der Waals surface area contributed by atoms with Gasteiger partial charge < -0.3 is 9.84 Å². The van der Waals surface area contributed by atoms with Crippen LogP contribution in [0.25, 0.3) is 0 Å². The van der Waals surface area contributed by atoms with Crippen molar-refractivity contribution in [3.8, 4) is 0 Å². The molecule has 1 fully saturated rings. The number of aliphatic hydroxyl groups excluding tert-OH is 1. The zero-order valence-electron chi connectivity index (χ0n) is 11.2. The molecule has 0 aromatic carbocycles. The number of hydrogen-bond acceptors (Lipinski definition) is 4. The van der Waals surface area contributed by atoms with E-state index in [0.717, 1.165) is 19.3 Å². The van der Waals surface area contributed by atoms with E-state index >= 15 is 0 Å². The molecule has 0 aliphatic carbocycles. The van der Waals surface area contributed by atoms with Crippen molar-refractivity contribution in [2.75, 3.05) is 19.8 Å². The van der Waals surface area contributed by atoms with Gasteiger partial charge in [-0.2, -0.15) is 0 Å². The summed E-state index contributed by atoms with van der Waals surface area (Å²) in [6.07, 6.45) is 3.19. The smallest absolute Gasteiger partial charge is 0.320 e. The van der Waals surface area contributed by atoms with E-state index in [1.54, 1.807) is 0 Å². The van der Waals surface area contributed by atoms with E-state index in [1.807, 2.05) is 13.8 Å². The molecule has 0 radical (unpaired) electrons. The second-order valence-corrected chi connectivity index (χ2v) is 5.37. The summed E-state index contributed by atoms with van der Waals surface area (Å²) in [5, 5.41) is 9.32. The van der Waals surface area contributed by atoms with E-state index in [0.29, 0.717) is 25.1 Å². The second-order valence-electron chi connectivity index (χ2n) is 5.37. The molecule has 1 aliphatic rings. The Balaban J connectivity index is 2.43. The van der Waals surface area contributed by atoms with Gasteiger partial charge in [0.15, 0.2) is 0 Å². The Morgan fingerprint density at radius 3 is 2.76 bits per heavy atom. The van der Waals surface area contributed by atoms with Gasteiger partial charge >= 0.3 is 5.97 Å². The molecule has 4 heteroatoms. The number of piperidine rings is 1. The molecule has 4 nitrogen and oxygen atoms in total. The van der Waals surface area contributed by atoms with Gasteiger partial charge in [0.25, 0.3) is 0 Å². The number of hydrogen-bond donors (Lipinski definition) is 1. The van der Waals surface area contributed by atoms with Crippen LogP contribution in [0.1, 0.15) is 40.0 Å². The summed E-state index contributed by atoms with van der Waals surface area (Å²) in [7, 11) is 0. The number of carbonyl (C=O) groups is 1. The number of nitrogens with zero attached hydrogens (tertiary/aromatic N) is 1. The summed E-state index contributed by atoms with van der Waals surface area (Å²) in [6.45, 7) is 7.06. The number of ether oxygens (including phenoxy) is 1. The van der Waals surface area contributed by atoms with Crippen molar-refractivity contribution in [1.82, 2.24) is 4.90 Å². The molecule has 0 aromatic rings. The largest absolute Gasteiger partial charge is 0.464 e. The number of likely N-dealkylation sites (tertiary alicyclic amines) is 1. The summed E-state index contributed by atoms with van der Waals surface area (Å²) in [6, 6.07) is 0.470. The fraction of sp³-hybridized carbons (Fsp3) is 0.923. The molecule has 1 saturated heterocycles. The number of aliphatic hydroxyl groups is 1. The van der Waals surface area contributed by atoms with E-state index in [2.05, 4.69) is 11.8 Å². The van der Waals surface area contributed by atoms with E-state index in [-0.39, 0.29) is 18.6 Å². The van der Waals surface area contributed by atoms with Crippen LogP contribution in [0, 0.1) is 5.92 Å². The number of carbonyl (C=O) groups excluding carboxylic acids is 1. The molecule has 1 rings (SSSR count). The zero-order valence-corrected chi connectivity index (χ0v) is 11.2. The quantitative estimate of drug-likeness (QED) is 0.742. The van der Waals surface area contributed by atoms with E-state index in [1.165, 1.54) is 0 Å². The Hall–Kier alpha value is -0.610. The molecule has 0 saturated carbocycles. The van der Waals surface area contributed by atoms with Crippen LogP contribution in [-0.4, -0.2) is 47.8 Å². The molecule has 0 bridgehead atoms. The summed E-state index contributed by atoms with van der Waals surface area (Å²) >= 11 is 0. The van der Waals surface area contributed by atoms with Gasteiger partial charge in [-0.1, -0.05) is 20.3 Å². The Bertz CT molecular complexity index is 243. The lowest BCUT2D eigenvalue weighted by molar-refractivity contribution is -0.148. The van der Waals surface area contributed by atoms with Crippen molar-refractivity contribution < 1.29 is 14.6 Å². The third-order valence-corrected chi connectivity index (χ3v) is 3.29. The van der Waals surface area contributed by atoms with Gasteiger partial charge in [0, 0.05) is 12.1 Å². The van der Waals surface area contributed by atoms with Crippen LogP contribution in [0.4, 0.5) is 0 Å². The monoisotopic (exact) mass is 243 g/mol. The minimum absolute atomic E-state index is 0.116. The first-order valence-electron chi connectivity index (χ1n) is 6.56. The normalized spacial score (nSPS) is 26.2. The predicted octanol–water partition coefficient (Wildman–Crippen LogP) is 1.42. The van der Waals surface area contributed by atoms with Gasteiger partial charge in [-0.15, -0.1) is 0 Å². The number of esters is 1. The van der Waals surface area contributed by atoms with Gasteiger partial charge in [0.2, 0.25) is 0 Å². The third-order valence-electron chi connectivity index (χ3n) is 3.29. The first-order valence-corrected chi connectivity index (χ1v) is 6.56. The summed E-state index contributed by atoms with van der Waals surface area (Å²) in [5.74, 6) is 0.192. The first kappa shape index (κ1) is 14.5. The third kappa shape index (κ3) is 4.64. The van der Waals surface area contributed by atoms with Crippen LogP contribution in [-0.2, 0) is 9.53 Å². The Morgan fingerprint density at radius 2 is 2.18 bits per heavy atom. The molecular formula is C13H25NO3. The van der Waals surface area contributed by atoms with Crippen LogP contribution in [0.15, 0.2) is 0 Å². The van der Waals surface area contributed by atoms with E-state index < -0.39 is 0 Å². The second kappa shape index (κ2) is 6.97. The van der Waals surface area contributed by atoms with Crippen molar-refractivity contribution in [3.05, 3.63) is 0 Å². The van der Waals surface area contributed by atoms with Crippen LogP contribution in [0.5, 0.6) is 0 Å². The van der Waals surface area contributed by atoms with Crippen LogP contribution in [0.3, 0.4) is 0 Å². The molecule has 1 N–H and O–H groups in total. The highest BCUT2D eigenvalue weighted by atomic mass is 16.5. The molecule has 0 spiro atoms. The zero-order chi connectivity index (χ0) is 12.8. The SMILES string of the molecule is CC(C)COC(=O)CN1C(C)CCCC1CO. The Kier molecular flexibility index (Phi) is 5.92.